The summed E-state index contributed by atoms with van der Waals surface area (Å²) in [5, 5.41) is 0. The molecular weight excluding hydrogens is 148 g/mol. The minimum atomic E-state index is 0.599. The highest BCUT2D eigenvalue weighted by Crippen LogP contribution is 2.41. The van der Waals surface area contributed by atoms with Gasteiger partial charge in [-0.3, -0.25) is 0 Å². The van der Waals surface area contributed by atoms with Gasteiger partial charge >= 0.3 is 0 Å². The molecule has 0 amide bonds. The van der Waals surface area contributed by atoms with Crippen LogP contribution >= 0.6 is 0 Å². The summed E-state index contributed by atoms with van der Waals surface area (Å²) in [6, 6.07) is 0. The van der Waals surface area contributed by atoms with Crippen molar-refractivity contribution >= 4 is 6.29 Å². The summed E-state index contributed by atoms with van der Waals surface area (Å²) in [6.45, 7) is 6.88. The molecule has 1 aliphatic rings. The van der Waals surface area contributed by atoms with Gasteiger partial charge in [-0.15, -0.1) is 0 Å². The molecule has 1 saturated carbocycles. The second-order valence-electron chi connectivity index (χ2n) is 4.46. The third-order valence-corrected chi connectivity index (χ3v) is 3.73. The average Bonchev–Trinajstić information content (AvgIpc) is 2.34. The Morgan fingerprint density at radius 3 is 2.50 bits per heavy atom. The van der Waals surface area contributed by atoms with Crippen molar-refractivity contribution in [2.45, 2.75) is 40.0 Å². The van der Waals surface area contributed by atoms with Crippen LogP contribution in [0.5, 0.6) is 0 Å². The minimum absolute atomic E-state index is 0.599. The minimum Gasteiger partial charge on any atom is -0.303 e. The largest absolute Gasteiger partial charge is 0.303 e. The van der Waals surface area contributed by atoms with E-state index in [1.54, 1.807) is 0 Å². The van der Waals surface area contributed by atoms with Crippen LogP contribution in [0.15, 0.2) is 0 Å². The van der Waals surface area contributed by atoms with Crippen molar-refractivity contribution in [1.82, 2.24) is 0 Å². The molecule has 0 spiro atoms. The van der Waals surface area contributed by atoms with Crippen molar-refractivity contribution in [3.8, 4) is 0 Å². The molecule has 1 rings (SSSR count). The number of carbonyl (C=O) groups is 1. The molecule has 0 aliphatic heterocycles. The maximum Gasteiger partial charge on any atom is 0.120 e. The zero-order chi connectivity index (χ0) is 9.14. The molecule has 0 aromatic rings. The smallest absolute Gasteiger partial charge is 0.120 e. The van der Waals surface area contributed by atoms with Crippen LogP contribution in [0.1, 0.15) is 40.0 Å². The topological polar surface area (TPSA) is 17.1 Å². The Bertz CT molecular complexity index is 153. The van der Waals surface area contributed by atoms with E-state index in [4.69, 9.17) is 0 Å². The van der Waals surface area contributed by atoms with Gasteiger partial charge in [0.05, 0.1) is 0 Å². The summed E-state index contributed by atoms with van der Waals surface area (Å²) >= 11 is 0. The van der Waals surface area contributed by atoms with Crippen molar-refractivity contribution < 1.29 is 4.79 Å². The first-order valence-electron chi connectivity index (χ1n) is 5.10. The summed E-state index contributed by atoms with van der Waals surface area (Å²) in [4.78, 5) is 10.4. The third-order valence-electron chi connectivity index (χ3n) is 3.73. The lowest BCUT2D eigenvalue weighted by molar-refractivity contribution is -0.108. The van der Waals surface area contributed by atoms with E-state index >= 15 is 0 Å². The molecule has 1 heteroatoms. The van der Waals surface area contributed by atoms with Gasteiger partial charge in [0.2, 0.25) is 0 Å². The highest BCUT2D eigenvalue weighted by molar-refractivity contribution is 5.49. The van der Waals surface area contributed by atoms with Crippen molar-refractivity contribution in [2.24, 2.45) is 23.7 Å². The summed E-state index contributed by atoms with van der Waals surface area (Å²) in [5.74, 6) is 3.08. The van der Waals surface area contributed by atoms with Crippen molar-refractivity contribution in [3.63, 3.8) is 0 Å². The SMILES string of the molecule is CC1CCC(C(C)CC=O)C1C. The normalized spacial score (nSPS) is 38.1. The monoisotopic (exact) mass is 168 g/mol. The molecule has 12 heavy (non-hydrogen) atoms. The van der Waals surface area contributed by atoms with Gasteiger partial charge in [0.1, 0.15) is 6.29 Å². The lowest BCUT2D eigenvalue weighted by Gasteiger charge is -2.23. The van der Waals surface area contributed by atoms with Crippen LogP contribution in [0, 0.1) is 23.7 Å². The van der Waals surface area contributed by atoms with Crippen LogP contribution in [-0.2, 0) is 4.79 Å². The fourth-order valence-corrected chi connectivity index (χ4v) is 2.53. The lowest BCUT2D eigenvalue weighted by atomic mass is 9.82. The number of rotatable bonds is 3. The summed E-state index contributed by atoms with van der Waals surface area (Å²) in [5.41, 5.74) is 0. The first-order chi connectivity index (χ1) is 5.66. The Morgan fingerprint density at radius 2 is 2.08 bits per heavy atom. The highest BCUT2D eigenvalue weighted by Gasteiger charge is 2.32. The Morgan fingerprint density at radius 1 is 1.42 bits per heavy atom. The van der Waals surface area contributed by atoms with E-state index in [9.17, 15) is 4.79 Å². The number of carbonyl (C=O) groups excluding carboxylic acids is 1. The zero-order valence-corrected chi connectivity index (χ0v) is 8.42. The van der Waals surface area contributed by atoms with Gasteiger partial charge in [0.15, 0.2) is 0 Å². The molecule has 1 aliphatic carbocycles. The number of hydrogen-bond acceptors (Lipinski definition) is 1. The molecule has 0 bridgehead atoms. The van der Waals surface area contributed by atoms with Gasteiger partial charge in [-0.2, -0.15) is 0 Å². The van der Waals surface area contributed by atoms with Crippen LogP contribution in [0.25, 0.3) is 0 Å². The average molecular weight is 168 g/mol. The number of aldehydes is 1. The summed E-state index contributed by atoms with van der Waals surface area (Å²) in [7, 11) is 0. The first kappa shape index (κ1) is 9.76. The maximum absolute atomic E-state index is 10.4. The molecule has 0 heterocycles. The van der Waals surface area contributed by atoms with Gasteiger partial charge in [0.25, 0.3) is 0 Å². The van der Waals surface area contributed by atoms with E-state index < -0.39 is 0 Å². The molecule has 0 radical (unpaired) electrons. The zero-order valence-electron chi connectivity index (χ0n) is 8.42. The molecular formula is C11H20O. The molecule has 1 nitrogen and oxygen atoms in total. The highest BCUT2D eigenvalue weighted by atomic mass is 16.1. The fourth-order valence-electron chi connectivity index (χ4n) is 2.53. The molecule has 70 valence electrons. The quantitative estimate of drug-likeness (QED) is 0.592. The fraction of sp³-hybridized carbons (Fsp3) is 0.909. The third kappa shape index (κ3) is 1.88. The Hall–Kier alpha value is -0.330. The van der Waals surface area contributed by atoms with E-state index in [1.165, 1.54) is 12.8 Å². The second-order valence-corrected chi connectivity index (χ2v) is 4.46. The summed E-state index contributed by atoms with van der Waals surface area (Å²) in [6.07, 6.45) is 4.51. The molecule has 4 atom stereocenters. The Kier molecular flexibility index (Phi) is 3.30. The molecule has 0 saturated heterocycles. The van der Waals surface area contributed by atoms with Gasteiger partial charge in [-0.05, 0) is 30.1 Å². The lowest BCUT2D eigenvalue weighted by Crippen LogP contribution is -2.17. The number of hydrogen-bond donors (Lipinski definition) is 0. The van der Waals surface area contributed by atoms with Crippen LogP contribution < -0.4 is 0 Å². The van der Waals surface area contributed by atoms with Gasteiger partial charge in [-0.1, -0.05) is 27.2 Å². The molecule has 4 unspecified atom stereocenters. The van der Waals surface area contributed by atoms with Crippen LogP contribution in [0.4, 0.5) is 0 Å². The van der Waals surface area contributed by atoms with E-state index in [-0.39, 0.29) is 0 Å². The van der Waals surface area contributed by atoms with E-state index in [1.807, 2.05) is 0 Å². The predicted octanol–water partition coefficient (Wildman–Crippen LogP) is 2.89. The van der Waals surface area contributed by atoms with Crippen molar-refractivity contribution in [3.05, 3.63) is 0 Å². The van der Waals surface area contributed by atoms with Crippen LogP contribution in [0.2, 0.25) is 0 Å². The van der Waals surface area contributed by atoms with Gasteiger partial charge in [0, 0.05) is 6.42 Å². The molecule has 0 N–H and O–H groups in total. The van der Waals surface area contributed by atoms with E-state index in [2.05, 4.69) is 20.8 Å². The second kappa shape index (κ2) is 4.06. The standard InChI is InChI=1S/C11H20O/c1-8-4-5-11(10(8)3)9(2)6-7-12/h7-11H,4-6H2,1-3H3. The van der Waals surface area contributed by atoms with Crippen molar-refractivity contribution in [2.75, 3.05) is 0 Å². The van der Waals surface area contributed by atoms with E-state index in [0.29, 0.717) is 5.92 Å². The predicted molar refractivity (Wildman–Crippen MR) is 50.9 cm³/mol. The first-order valence-corrected chi connectivity index (χ1v) is 5.10. The molecule has 0 aromatic carbocycles. The van der Waals surface area contributed by atoms with Crippen molar-refractivity contribution in [1.29, 1.82) is 0 Å². The van der Waals surface area contributed by atoms with Crippen LogP contribution in [0.3, 0.4) is 0 Å². The molecule has 1 fully saturated rings. The van der Waals surface area contributed by atoms with Gasteiger partial charge in [-0.25, -0.2) is 0 Å². The van der Waals surface area contributed by atoms with Crippen LogP contribution in [-0.4, -0.2) is 6.29 Å². The summed E-state index contributed by atoms with van der Waals surface area (Å²) < 4.78 is 0. The van der Waals surface area contributed by atoms with Gasteiger partial charge < -0.3 is 4.79 Å². The maximum atomic E-state index is 10.4. The molecule has 0 aromatic heterocycles. The Balaban J connectivity index is 2.46. The Labute approximate surface area is 75.5 Å². The van der Waals surface area contributed by atoms with E-state index in [0.717, 1.165) is 30.5 Å².